The van der Waals surface area contributed by atoms with Crippen LogP contribution in [0.25, 0.3) is 0 Å². The van der Waals surface area contributed by atoms with Crippen LogP contribution in [-0.2, 0) is 16.4 Å². The number of nitrogens with zero attached hydrogens (tertiary/aromatic N) is 2. The molecule has 1 heterocycles. The first-order valence-electron chi connectivity index (χ1n) is 8.85. The molecule has 0 spiro atoms. The number of rotatable bonds is 9. The lowest BCUT2D eigenvalue weighted by Gasteiger charge is -2.09. The number of methoxy groups -OCH3 is 1. The fourth-order valence-electron chi connectivity index (χ4n) is 2.59. The summed E-state index contributed by atoms with van der Waals surface area (Å²) in [4.78, 5) is 0.123. The van der Waals surface area contributed by atoms with Crippen LogP contribution in [0.3, 0.4) is 0 Å². The van der Waals surface area contributed by atoms with Gasteiger partial charge < -0.3 is 10.1 Å². The molecule has 0 saturated heterocycles. The van der Waals surface area contributed by atoms with Gasteiger partial charge in [-0.15, -0.1) is 10.2 Å². The molecule has 3 rings (SSSR count). The molecule has 0 bridgehead atoms. The van der Waals surface area contributed by atoms with Gasteiger partial charge in [-0.2, -0.15) is 0 Å². The fraction of sp³-hybridized carbons (Fsp3) is 0.200. The van der Waals surface area contributed by atoms with Crippen molar-refractivity contribution in [3.63, 3.8) is 0 Å². The van der Waals surface area contributed by atoms with Gasteiger partial charge >= 0.3 is 0 Å². The standard InChI is InChI=1S/C20H22N4O3S/c1-27-17-9-11-18(12-10-17)28(25,26)24-20-14-13-19(22-23-20)21-15-5-8-16-6-3-2-4-7-16/h2-4,6-7,9-14H,5,8,15H2,1H3,(H,21,22)(H,23,24). The first-order chi connectivity index (χ1) is 13.6. The van der Waals surface area contributed by atoms with Crippen LogP contribution in [0.5, 0.6) is 5.75 Å². The molecule has 0 unspecified atom stereocenters. The zero-order valence-corrected chi connectivity index (χ0v) is 16.3. The maximum absolute atomic E-state index is 12.4. The summed E-state index contributed by atoms with van der Waals surface area (Å²) in [7, 11) is -2.21. The van der Waals surface area contributed by atoms with Crippen molar-refractivity contribution in [2.24, 2.45) is 0 Å². The number of hydrogen-bond donors (Lipinski definition) is 2. The van der Waals surface area contributed by atoms with E-state index in [0.29, 0.717) is 11.6 Å². The van der Waals surface area contributed by atoms with Crippen molar-refractivity contribution < 1.29 is 13.2 Å². The van der Waals surface area contributed by atoms with E-state index in [2.05, 4.69) is 32.4 Å². The average molecular weight is 398 g/mol. The van der Waals surface area contributed by atoms with Gasteiger partial charge in [0.15, 0.2) is 5.82 Å². The van der Waals surface area contributed by atoms with E-state index in [4.69, 9.17) is 4.74 Å². The van der Waals surface area contributed by atoms with Crippen molar-refractivity contribution in [2.75, 3.05) is 23.7 Å². The van der Waals surface area contributed by atoms with Crippen LogP contribution in [0.1, 0.15) is 12.0 Å². The number of hydrogen-bond acceptors (Lipinski definition) is 6. The van der Waals surface area contributed by atoms with E-state index >= 15 is 0 Å². The Morgan fingerprint density at radius 2 is 1.57 bits per heavy atom. The fourth-order valence-corrected chi connectivity index (χ4v) is 3.58. The summed E-state index contributed by atoms with van der Waals surface area (Å²) in [6, 6.07) is 19.6. The van der Waals surface area contributed by atoms with Gasteiger partial charge in [-0.3, -0.25) is 4.72 Å². The molecular formula is C20H22N4O3S. The van der Waals surface area contributed by atoms with Crippen molar-refractivity contribution in [3.05, 3.63) is 72.3 Å². The molecule has 2 N–H and O–H groups in total. The third-order valence-corrected chi connectivity index (χ3v) is 5.44. The van der Waals surface area contributed by atoms with Crippen LogP contribution in [0, 0.1) is 0 Å². The lowest BCUT2D eigenvalue weighted by atomic mass is 10.1. The highest BCUT2D eigenvalue weighted by Crippen LogP contribution is 2.18. The largest absolute Gasteiger partial charge is 0.497 e. The zero-order valence-electron chi connectivity index (χ0n) is 15.5. The van der Waals surface area contributed by atoms with Crippen molar-refractivity contribution >= 4 is 21.7 Å². The summed E-state index contributed by atoms with van der Waals surface area (Å²) < 4.78 is 32.2. The van der Waals surface area contributed by atoms with Gasteiger partial charge in [0.2, 0.25) is 0 Å². The Labute approximate surface area is 164 Å². The first kappa shape index (κ1) is 19.6. The van der Waals surface area contributed by atoms with E-state index in [0.717, 1.165) is 19.4 Å². The van der Waals surface area contributed by atoms with Gasteiger partial charge in [0, 0.05) is 6.54 Å². The highest BCUT2D eigenvalue weighted by molar-refractivity contribution is 7.92. The molecule has 0 aliphatic rings. The monoisotopic (exact) mass is 398 g/mol. The predicted molar refractivity (Wildman–Crippen MR) is 109 cm³/mol. The van der Waals surface area contributed by atoms with Gasteiger partial charge in [-0.05, 0) is 54.8 Å². The van der Waals surface area contributed by atoms with E-state index in [1.807, 2.05) is 18.2 Å². The van der Waals surface area contributed by atoms with Crippen molar-refractivity contribution in [2.45, 2.75) is 17.7 Å². The Morgan fingerprint density at radius 1 is 0.893 bits per heavy atom. The van der Waals surface area contributed by atoms with Crippen LogP contribution >= 0.6 is 0 Å². The molecule has 2 aromatic carbocycles. The van der Waals surface area contributed by atoms with E-state index in [1.54, 1.807) is 24.3 Å². The summed E-state index contributed by atoms with van der Waals surface area (Å²) in [5.74, 6) is 1.34. The lowest BCUT2D eigenvalue weighted by Crippen LogP contribution is -2.14. The number of aromatic nitrogens is 2. The number of benzene rings is 2. The van der Waals surface area contributed by atoms with Crippen LogP contribution in [-0.4, -0.2) is 32.3 Å². The molecule has 0 atom stereocenters. The minimum atomic E-state index is -3.73. The Kier molecular flexibility index (Phi) is 6.44. The van der Waals surface area contributed by atoms with E-state index in [1.165, 1.54) is 24.8 Å². The molecule has 146 valence electrons. The zero-order chi connectivity index (χ0) is 19.8. The second kappa shape index (κ2) is 9.18. The minimum Gasteiger partial charge on any atom is -0.497 e. The van der Waals surface area contributed by atoms with Gasteiger partial charge in [-0.1, -0.05) is 30.3 Å². The summed E-state index contributed by atoms with van der Waals surface area (Å²) in [6.45, 7) is 0.750. The van der Waals surface area contributed by atoms with Crippen LogP contribution in [0.4, 0.5) is 11.6 Å². The number of sulfonamides is 1. The molecule has 0 amide bonds. The Bertz CT molecular complexity index is 976. The molecule has 0 saturated carbocycles. The van der Waals surface area contributed by atoms with Crippen LogP contribution < -0.4 is 14.8 Å². The molecule has 7 nitrogen and oxygen atoms in total. The topological polar surface area (TPSA) is 93.2 Å². The van der Waals surface area contributed by atoms with Gasteiger partial charge in [-0.25, -0.2) is 8.42 Å². The summed E-state index contributed by atoms with van der Waals surface area (Å²) in [6.07, 6.45) is 1.93. The lowest BCUT2D eigenvalue weighted by molar-refractivity contribution is 0.414. The average Bonchev–Trinajstić information content (AvgIpc) is 2.73. The number of anilines is 2. The molecule has 0 aliphatic carbocycles. The molecule has 28 heavy (non-hydrogen) atoms. The SMILES string of the molecule is COc1ccc(S(=O)(=O)Nc2ccc(NCCCc3ccccc3)nn2)cc1. The maximum Gasteiger partial charge on any atom is 0.263 e. The third kappa shape index (κ3) is 5.43. The van der Waals surface area contributed by atoms with Crippen molar-refractivity contribution in [1.82, 2.24) is 10.2 Å². The summed E-state index contributed by atoms with van der Waals surface area (Å²) in [5.41, 5.74) is 1.29. The van der Waals surface area contributed by atoms with Gasteiger partial charge in [0.1, 0.15) is 11.6 Å². The number of aryl methyl sites for hydroxylation is 1. The van der Waals surface area contributed by atoms with Crippen molar-refractivity contribution in [3.8, 4) is 5.75 Å². The molecule has 0 aliphatic heterocycles. The summed E-state index contributed by atoms with van der Waals surface area (Å²) >= 11 is 0. The van der Waals surface area contributed by atoms with Crippen molar-refractivity contribution in [1.29, 1.82) is 0 Å². The molecular weight excluding hydrogens is 376 g/mol. The van der Waals surface area contributed by atoms with E-state index < -0.39 is 10.0 Å². The molecule has 0 fully saturated rings. The second-order valence-electron chi connectivity index (χ2n) is 6.10. The number of ether oxygens (including phenoxy) is 1. The Balaban J connectivity index is 1.52. The second-order valence-corrected chi connectivity index (χ2v) is 7.78. The molecule has 3 aromatic rings. The van der Waals surface area contributed by atoms with E-state index in [9.17, 15) is 8.42 Å². The number of nitrogens with one attached hydrogen (secondary N) is 2. The van der Waals surface area contributed by atoms with Crippen LogP contribution in [0.15, 0.2) is 71.6 Å². The Hall–Kier alpha value is -3.13. The highest BCUT2D eigenvalue weighted by atomic mass is 32.2. The highest BCUT2D eigenvalue weighted by Gasteiger charge is 2.15. The third-order valence-electron chi connectivity index (χ3n) is 4.06. The maximum atomic E-state index is 12.4. The molecule has 0 radical (unpaired) electrons. The predicted octanol–water partition coefficient (Wildman–Crippen LogP) is 3.33. The van der Waals surface area contributed by atoms with Gasteiger partial charge in [0.25, 0.3) is 10.0 Å². The molecule has 8 heteroatoms. The smallest absolute Gasteiger partial charge is 0.263 e. The molecule has 1 aromatic heterocycles. The normalized spacial score (nSPS) is 11.0. The minimum absolute atomic E-state index is 0.123. The van der Waals surface area contributed by atoms with Gasteiger partial charge in [0.05, 0.1) is 12.0 Å². The Morgan fingerprint density at radius 3 is 2.21 bits per heavy atom. The van der Waals surface area contributed by atoms with Crippen LogP contribution in [0.2, 0.25) is 0 Å². The summed E-state index contributed by atoms with van der Waals surface area (Å²) in [5, 5.41) is 11.1. The first-order valence-corrected chi connectivity index (χ1v) is 10.3. The van der Waals surface area contributed by atoms with E-state index in [-0.39, 0.29) is 10.7 Å². The quantitative estimate of drug-likeness (QED) is 0.537.